The van der Waals surface area contributed by atoms with E-state index in [9.17, 15) is 15.8 Å². The van der Waals surface area contributed by atoms with Crippen molar-refractivity contribution in [3.63, 3.8) is 0 Å². The largest absolute Gasteiger partial charge is 0.447 e. The van der Waals surface area contributed by atoms with Crippen LogP contribution in [-0.4, -0.2) is 17.8 Å². The van der Waals surface area contributed by atoms with Crippen LogP contribution in [0.4, 0.5) is 0 Å². The van der Waals surface area contributed by atoms with Gasteiger partial charge in [0.05, 0.1) is 30.2 Å². The minimum atomic E-state index is -1.73. The highest BCUT2D eigenvalue weighted by Crippen LogP contribution is 2.68. The molecule has 0 aromatic heterocycles. The lowest BCUT2D eigenvalue weighted by Crippen LogP contribution is -2.65. The summed E-state index contributed by atoms with van der Waals surface area (Å²) in [7, 11) is 0. The van der Waals surface area contributed by atoms with Gasteiger partial charge in [-0.1, -0.05) is 40.0 Å². The van der Waals surface area contributed by atoms with Crippen molar-refractivity contribution in [3.05, 3.63) is 0 Å². The predicted octanol–water partition coefficient (Wildman–Crippen LogP) is 3.90. The fourth-order valence-corrected chi connectivity index (χ4v) is 5.48. The highest BCUT2D eigenvalue weighted by atomic mass is 16.7. The lowest BCUT2D eigenvalue weighted by molar-refractivity contribution is -0.306. The second-order valence-corrected chi connectivity index (χ2v) is 7.91. The van der Waals surface area contributed by atoms with Crippen LogP contribution in [0.1, 0.15) is 59.3 Å². The number of nitrogens with one attached hydrogen (secondary N) is 1. The predicted molar refractivity (Wildman–Crippen MR) is 93.3 cm³/mol. The van der Waals surface area contributed by atoms with Gasteiger partial charge in [0.1, 0.15) is 0 Å². The van der Waals surface area contributed by atoms with Gasteiger partial charge in [0, 0.05) is 6.42 Å². The third-order valence-electron chi connectivity index (χ3n) is 7.12. The zero-order valence-corrected chi connectivity index (χ0v) is 15.7. The Morgan fingerprint density at radius 3 is 2.31 bits per heavy atom. The maximum Gasteiger partial charge on any atom is 0.217 e. The molecule has 6 nitrogen and oxygen atoms in total. The van der Waals surface area contributed by atoms with Gasteiger partial charge in [0.15, 0.2) is 10.8 Å². The van der Waals surface area contributed by atoms with E-state index in [-0.39, 0.29) is 11.8 Å². The van der Waals surface area contributed by atoms with E-state index in [4.69, 9.17) is 14.9 Å². The first kappa shape index (κ1) is 18.7. The second kappa shape index (κ2) is 6.26. The normalized spacial score (nSPS) is 40.0. The first-order valence-electron chi connectivity index (χ1n) is 9.64. The zero-order valence-electron chi connectivity index (χ0n) is 15.7. The average molecular weight is 354 g/mol. The molecule has 0 radical (unpaired) electrons. The molecular weight excluding hydrogens is 328 g/mol. The molecule has 6 heteroatoms. The van der Waals surface area contributed by atoms with Crippen LogP contribution in [0.3, 0.4) is 0 Å². The summed E-state index contributed by atoms with van der Waals surface area (Å²) in [6, 6.07) is 6.55. The summed E-state index contributed by atoms with van der Waals surface area (Å²) in [6.45, 7) is 6.11. The molecule has 3 rings (SSSR count). The lowest BCUT2D eigenvalue weighted by atomic mass is 9.49. The van der Waals surface area contributed by atoms with Gasteiger partial charge in [-0.2, -0.15) is 15.8 Å². The van der Waals surface area contributed by atoms with E-state index >= 15 is 0 Å². The van der Waals surface area contributed by atoms with Crippen molar-refractivity contribution in [2.75, 3.05) is 0 Å². The fraction of sp³-hybridized carbons (Fsp3) is 0.800. The van der Waals surface area contributed by atoms with Gasteiger partial charge in [-0.25, -0.2) is 0 Å². The number of ether oxygens (including phenoxy) is 2. The van der Waals surface area contributed by atoms with E-state index in [2.05, 4.69) is 25.1 Å². The summed E-state index contributed by atoms with van der Waals surface area (Å²) in [4.78, 5) is 0. The van der Waals surface area contributed by atoms with Crippen molar-refractivity contribution >= 4 is 5.90 Å². The molecule has 3 aliphatic rings. The summed E-state index contributed by atoms with van der Waals surface area (Å²) in [5.74, 6) is -1.39. The van der Waals surface area contributed by atoms with Crippen molar-refractivity contribution < 1.29 is 9.47 Å². The summed E-state index contributed by atoms with van der Waals surface area (Å²) in [5, 5.41) is 39.0. The second-order valence-electron chi connectivity index (χ2n) is 7.91. The molecule has 5 unspecified atom stereocenters. The number of rotatable bonds is 4. The van der Waals surface area contributed by atoms with Crippen molar-refractivity contribution in [1.29, 1.82) is 21.2 Å². The fourth-order valence-electron chi connectivity index (χ4n) is 5.48. The van der Waals surface area contributed by atoms with Crippen LogP contribution >= 0.6 is 0 Å². The molecule has 1 aliphatic carbocycles. The van der Waals surface area contributed by atoms with Gasteiger partial charge < -0.3 is 9.47 Å². The highest BCUT2D eigenvalue weighted by Gasteiger charge is 2.81. The summed E-state index contributed by atoms with van der Waals surface area (Å²) < 4.78 is 12.4. The average Bonchev–Trinajstić information content (AvgIpc) is 2.87. The Hall–Kier alpha value is -2.10. The van der Waals surface area contributed by atoms with Gasteiger partial charge >= 0.3 is 0 Å². The third kappa shape index (κ3) is 1.96. The first-order chi connectivity index (χ1) is 12.4. The van der Waals surface area contributed by atoms with Crippen molar-refractivity contribution in [2.45, 2.75) is 71.2 Å². The molecule has 138 valence electrons. The van der Waals surface area contributed by atoms with Gasteiger partial charge in [-0.15, -0.1) is 0 Å². The summed E-state index contributed by atoms with van der Waals surface area (Å²) in [6.07, 6.45) is 3.86. The molecule has 0 aromatic carbocycles. The molecule has 2 heterocycles. The van der Waals surface area contributed by atoms with Crippen molar-refractivity contribution in [2.24, 2.45) is 28.6 Å². The minimum absolute atomic E-state index is 0.0433. The quantitative estimate of drug-likeness (QED) is 0.822. The smallest absolute Gasteiger partial charge is 0.217 e. The molecule has 0 amide bonds. The maximum absolute atomic E-state index is 10.2. The Balaban J connectivity index is 2.25. The molecule has 2 aliphatic heterocycles. The number of nitriles is 3. The summed E-state index contributed by atoms with van der Waals surface area (Å²) in [5.41, 5.74) is -3.29. The van der Waals surface area contributed by atoms with Gasteiger partial charge in [0.2, 0.25) is 11.7 Å². The molecule has 5 atom stereocenters. The van der Waals surface area contributed by atoms with E-state index in [0.717, 1.165) is 25.7 Å². The van der Waals surface area contributed by atoms with E-state index < -0.39 is 28.6 Å². The third-order valence-corrected chi connectivity index (χ3v) is 7.12. The molecule has 0 aromatic rings. The molecule has 1 N–H and O–H groups in total. The monoisotopic (exact) mass is 354 g/mol. The summed E-state index contributed by atoms with van der Waals surface area (Å²) >= 11 is 0. The molecule has 3 fully saturated rings. The van der Waals surface area contributed by atoms with E-state index in [1.165, 1.54) is 0 Å². The topological polar surface area (TPSA) is 114 Å². The SMILES string of the molecule is CCC1CCC23OC(=N)C(C#N)(C2C1)C(C#N)(C#N)C(C(CC)CC)O3. The van der Waals surface area contributed by atoms with Crippen molar-refractivity contribution in [1.82, 2.24) is 0 Å². The Morgan fingerprint density at radius 1 is 1.15 bits per heavy atom. The van der Waals surface area contributed by atoms with Crippen LogP contribution in [0.25, 0.3) is 0 Å². The zero-order chi connectivity index (χ0) is 19.2. The van der Waals surface area contributed by atoms with Crippen LogP contribution in [0.2, 0.25) is 0 Å². The highest BCUT2D eigenvalue weighted by molar-refractivity contribution is 5.89. The molecule has 1 saturated carbocycles. The molecule has 26 heavy (non-hydrogen) atoms. The van der Waals surface area contributed by atoms with Crippen molar-refractivity contribution in [3.8, 4) is 18.2 Å². The Bertz CT molecular complexity index is 712. The first-order valence-corrected chi connectivity index (χ1v) is 9.64. The molecular formula is C20H26N4O2. The van der Waals surface area contributed by atoms with Crippen LogP contribution < -0.4 is 0 Å². The standard InChI is InChI=1S/C20H26N4O2/c1-4-13-7-8-20-15(9-13)19(12-23,17(24)26-20)18(10-21,11-22)16(25-20)14(5-2)6-3/h13-16,24H,4-9H2,1-3H3. The lowest BCUT2D eigenvalue weighted by Gasteiger charge is -2.54. The van der Waals surface area contributed by atoms with E-state index in [1.54, 1.807) is 0 Å². The Labute approximate surface area is 155 Å². The minimum Gasteiger partial charge on any atom is -0.447 e. The van der Waals surface area contributed by atoms with Crippen LogP contribution in [0.15, 0.2) is 0 Å². The molecule has 2 saturated heterocycles. The number of hydrogen-bond acceptors (Lipinski definition) is 6. The van der Waals surface area contributed by atoms with Crippen LogP contribution in [0.5, 0.6) is 0 Å². The number of nitrogens with zero attached hydrogens (tertiary/aromatic N) is 3. The molecule has 2 bridgehead atoms. The van der Waals surface area contributed by atoms with Gasteiger partial charge in [0.25, 0.3) is 0 Å². The van der Waals surface area contributed by atoms with Crippen LogP contribution in [-0.2, 0) is 9.47 Å². The van der Waals surface area contributed by atoms with E-state index in [0.29, 0.717) is 18.8 Å². The van der Waals surface area contributed by atoms with Gasteiger partial charge in [-0.05, 0) is 24.7 Å². The van der Waals surface area contributed by atoms with Crippen LogP contribution in [0, 0.1) is 68.0 Å². The maximum atomic E-state index is 10.2. The Morgan fingerprint density at radius 2 is 1.81 bits per heavy atom. The van der Waals surface area contributed by atoms with Gasteiger partial charge in [-0.3, -0.25) is 5.41 Å². The molecule has 0 spiro atoms. The Kier molecular flexibility index (Phi) is 4.50. The number of hydrogen-bond donors (Lipinski definition) is 1. The van der Waals surface area contributed by atoms with E-state index in [1.807, 2.05) is 13.8 Å².